The summed E-state index contributed by atoms with van der Waals surface area (Å²) < 4.78 is 5.53. The highest BCUT2D eigenvalue weighted by atomic mass is 32.1. The zero-order valence-electron chi connectivity index (χ0n) is 12.0. The number of furan rings is 1. The molecule has 1 aromatic carbocycles. The lowest BCUT2D eigenvalue weighted by Gasteiger charge is -2.15. The molecule has 1 saturated heterocycles. The maximum atomic E-state index is 11.8. The van der Waals surface area contributed by atoms with Crippen LogP contribution in [0.3, 0.4) is 0 Å². The molecule has 0 radical (unpaired) electrons. The topological polar surface area (TPSA) is 111 Å². The van der Waals surface area contributed by atoms with Gasteiger partial charge in [0.25, 0.3) is 11.8 Å². The van der Waals surface area contributed by atoms with Gasteiger partial charge in [0.05, 0.1) is 5.97 Å². The number of carboxylic acid groups (broad SMARTS) is 1. The Kier molecular flexibility index (Phi) is 3.97. The van der Waals surface area contributed by atoms with E-state index in [0.717, 1.165) is 0 Å². The number of hydrogen-bond acceptors (Lipinski definition) is 6. The summed E-state index contributed by atoms with van der Waals surface area (Å²) in [6, 6.07) is 9.25. The Morgan fingerprint density at radius 1 is 1.08 bits per heavy atom. The van der Waals surface area contributed by atoms with Gasteiger partial charge in [-0.05, 0) is 30.4 Å². The molecule has 0 unspecified atom stereocenters. The van der Waals surface area contributed by atoms with Gasteiger partial charge in [0, 0.05) is 11.1 Å². The van der Waals surface area contributed by atoms with E-state index in [1.54, 1.807) is 18.2 Å². The number of nitrogens with one attached hydrogen (secondary N) is 2. The maximum absolute atomic E-state index is 11.8. The molecule has 1 aromatic heterocycles. The van der Waals surface area contributed by atoms with E-state index < -0.39 is 17.8 Å². The Labute approximate surface area is 141 Å². The van der Waals surface area contributed by atoms with Crippen LogP contribution in [-0.2, 0) is 9.59 Å². The molecule has 1 fully saturated rings. The van der Waals surface area contributed by atoms with Crippen molar-refractivity contribution in [3.05, 3.63) is 53.3 Å². The average Bonchev–Trinajstić information content (AvgIpc) is 2.99. The third-order valence-corrected chi connectivity index (χ3v) is 3.47. The zero-order chi connectivity index (χ0) is 17.3. The molecule has 120 valence electrons. The van der Waals surface area contributed by atoms with E-state index in [-0.39, 0.29) is 27.8 Å². The highest BCUT2D eigenvalue weighted by Gasteiger charge is 2.26. The van der Waals surface area contributed by atoms with Gasteiger partial charge < -0.3 is 14.3 Å². The third kappa shape index (κ3) is 2.95. The number of rotatable bonds is 3. The molecule has 24 heavy (non-hydrogen) atoms. The summed E-state index contributed by atoms with van der Waals surface area (Å²) in [5.41, 5.74) is 0.142. The molecule has 1 aliphatic heterocycles. The normalized spacial score (nSPS) is 14.2. The summed E-state index contributed by atoms with van der Waals surface area (Å²) in [4.78, 5) is 34.7. The number of benzene rings is 1. The first-order valence-corrected chi connectivity index (χ1v) is 7.15. The molecule has 0 saturated carbocycles. The molecular weight excluding hydrogens is 332 g/mol. The second-order valence-corrected chi connectivity index (χ2v) is 5.24. The molecule has 7 nitrogen and oxygen atoms in total. The summed E-state index contributed by atoms with van der Waals surface area (Å²) in [5, 5.41) is 15.7. The Morgan fingerprint density at radius 3 is 2.42 bits per heavy atom. The average molecular weight is 341 g/mol. The molecule has 2 N–H and O–H groups in total. The molecule has 2 aromatic rings. The lowest BCUT2D eigenvalue weighted by Crippen LogP contribution is -2.51. The quantitative estimate of drug-likeness (QED) is 0.469. The van der Waals surface area contributed by atoms with E-state index in [0.29, 0.717) is 5.56 Å². The molecule has 0 spiro atoms. The molecule has 0 aliphatic carbocycles. The Bertz CT molecular complexity index is 891. The first-order chi connectivity index (χ1) is 11.5. The van der Waals surface area contributed by atoms with Gasteiger partial charge in [0.15, 0.2) is 5.11 Å². The fraction of sp³-hybridized carbons (Fsp3) is 0. The van der Waals surface area contributed by atoms with Gasteiger partial charge in [0.2, 0.25) is 0 Å². The molecule has 2 heterocycles. The van der Waals surface area contributed by atoms with Crippen LogP contribution in [0.5, 0.6) is 0 Å². The zero-order valence-corrected chi connectivity index (χ0v) is 12.8. The fourth-order valence-corrected chi connectivity index (χ4v) is 2.39. The van der Waals surface area contributed by atoms with Crippen molar-refractivity contribution in [3.8, 4) is 11.3 Å². The van der Waals surface area contributed by atoms with Crippen molar-refractivity contribution in [2.75, 3.05) is 0 Å². The van der Waals surface area contributed by atoms with E-state index in [1.165, 1.54) is 24.3 Å². The van der Waals surface area contributed by atoms with Crippen molar-refractivity contribution in [3.63, 3.8) is 0 Å². The van der Waals surface area contributed by atoms with Gasteiger partial charge in [0.1, 0.15) is 17.1 Å². The van der Waals surface area contributed by atoms with Crippen LogP contribution in [0.15, 0.2) is 46.4 Å². The molecule has 3 rings (SSSR count). The molecular formula is C16H9N2O5S-. The molecule has 2 amide bonds. The largest absolute Gasteiger partial charge is 0.545 e. The molecule has 8 heteroatoms. The number of carbonyl (C=O) groups is 3. The number of carbonyl (C=O) groups excluding carboxylic acids is 3. The van der Waals surface area contributed by atoms with Crippen molar-refractivity contribution in [2.45, 2.75) is 0 Å². The predicted octanol–water partition coefficient (Wildman–Crippen LogP) is 0.224. The Hall–Kier alpha value is -3.26. The maximum Gasteiger partial charge on any atom is 0.263 e. The monoisotopic (exact) mass is 341 g/mol. The first kappa shape index (κ1) is 15.6. The van der Waals surface area contributed by atoms with Crippen molar-refractivity contribution in [1.82, 2.24) is 10.6 Å². The smallest absolute Gasteiger partial charge is 0.263 e. The highest BCUT2D eigenvalue weighted by molar-refractivity contribution is 7.80. The van der Waals surface area contributed by atoms with Gasteiger partial charge in [-0.3, -0.25) is 20.2 Å². The second-order valence-electron chi connectivity index (χ2n) is 4.83. The number of carboxylic acids is 1. The van der Waals surface area contributed by atoms with Crippen LogP contribution >= 0.6 is 12.2 Å². The van der Waals surface area contributed by atoms with Gasteiger partial charge in [-0.1, -0.05) is 24.3 Å². The van der Waals surface area contributed by atoms with Gasteiger partial charge in [-0.15, -0.1) is 0 Å². The van der Waals surface area contributed by atoms with E-state index in [4.69, 9.17) is 16.6 Å². The van der Waals surface area contributed by atoms with Crippen LogP contribution < -0.4 is 15.7 Å². The minimum Gasteiger partial charge on any atom is -0.545 e. The van der Waals surface area contributed by atoms with Gasteiger partial charge >= 0.3 is 0 Å². The van der Waals surface area contributed by atoms with Crippen LogP contribution in [0, 0.1) is 0 Å². The van der Waals surface area contributed by atoms with E-state index in [9.17, 15) is 19.5 Å². The summed E-state index contributed by atoms with van der Waals surface area (Å²) in [6.45, 7) is 0. The third-order valence-electron chi connectivity index (χ3n) is 3.27. The Morgan fingerprint density at radius 2 is 1.75 bits per heavy atom. The van der Waals surface area contributed by atoms with Crippen LogP contribution in [0.1, 0.15) is 16.1 Å². The summed E-state index contributed by atoms with van der Waals surface area (Å²) in [7, 11) is 0. The lowest BCUT2D eigenvalue weighted by atomic mass is 10.1. The number of thiocarbonyl (C=S) groups is 1. The van der Waals surface area contributed by atoms with Crippen molar-refractivity contribution in [2.24, 2.45) is 0 Å². The van der Waals surface area contributed by atoms with E-state index in [1.807, 2.05) is 0 Å². The summed E-state index contributed by atoms with van der Waals surface area (Å²) >= 11 is 4.71. The lowest BCUT2D eigenvalue weighted by molar-refractivity contribution is -0.255. The first-order valence-electron chi connectivity index (χ1n) is 6.74. The van der Waals surface area contributed by atoms with E-state index in [2.05, 4.69) is 10.6 Å². The molecule has 1 aliphatic rings. The van der Waals surface area contributed by atoms with Crippen molar-refractivity contribution >= 4 is 41.2 Å². The fourth-order valence-electron chi connectivity index (χ4n) is 2.20. The van der Waals surface area contributed by atoms with Crippen LogP contribution in [0.25, 0.3) is 17.4 Å². The molecule has 0 bridgehead atoms. The number of aromatic carboxylic acids is 1. The van der Waals surface area contributed by atoms with Crippen LogP contribution in [0.4, 0.5) is 0 Å². The Balaban J connectivity index is 1.96. The van der Waals surface area contributed by atoms with E-state index >= 15 is 0 Å². The van der Waals surface area contributed by atoms with Gasteiger partial charge in [-0.2, -0.15) is 0 Å². The predicted molar refractivity (Wildman–Crippen MR) is 85.3 cm³/mol. The number of amides is 2. The standard InChI is InChI=1S/C16H10N2O5S/c19-13-11(14(20)18-16(24)17-13)7-8-5-6-12(23-8)9-3-1-2-4-10(9)15(21)22/h1-7H,(H,21,22)(H2,17,18,19,20,24)/p-1. The summed E-state index contributed by atoms with van der Waals surface area (Å²) in [5.74, 6) is -2.13. The van der Waals surface area contributed by atoms with Crippen LogP contribution in [-0.4, -0.2) is 22.9 Å². The SMILES string of the molecule is O=C1NC(=S)NC(=O)C1=Cc1ccc(-c2ccccc2C(=O)[O-])o1. The van der Waals surface area contributed by atoms with Gasteiger partial charge in [-0.25, -0.2) is 0 Å². The van der Waals surface area contributed by atoms with Crippen molar-refractivity contribution < 1.29 is 23.9 Å². The number of hydrogen-bond donors (Lipinski definition) is 2. The van der Waals surface area contributed by atoms with Crippen LogP contribution in [0.2, 0.25) is 0 Å². The van der Waals surface area contributed by atoms with Crippen molar-refractivity contribution in [1.29, 1.82) is 0 Å². The highest BCUT2D eigenvalue weighted by Crippen LogP contribution is 2.26. The molecule has 0 atom stereocenters. The summed E-state index contributed by atoms with van der Waals surface area (Å²) in [6.07, 6.45) is 1.25. The minimum atomic E-state index is -1.33. The minimum absolute atomic E-state index is 0.0236. The second kappa shape index (κ2) is 6.09.